The van der Waals surface area contributed by atoms with Crippen LogP contribution in [0.5, 0.6) is 0 Å². The van der Waals surface area contributed by atoms with Crippen LogP contribution in [0.25, 0.3) is 10.9 Å². The minimum Gasteiger partial charge on any atom is -0.481 e. The van der Waals surface area contributed by atoms with Crippen molar-refractivity contribution < 1.29 is 9.90 Å². The Bertz CT molecular complexity index is 753. The van der Waals surface area contributed by atoms with Crippen molar-refractivity contribution in [3.05, 3.63) is 34.1 Å². The summed E-state index contributed by atoms with van der Waals surface area (Å²) in [6, 6.07) is 5.46. The Balaban J connectivity index is 1.96. The number of fused-ring (bicyclic) bond motifs is 1. The maximum Gasteiger partial charge on any atom is 0.306 e. The maximum atomic E-state index is 12.5. The predicted octanol–water partition coefficient (Wildman–Crippen LogP) is 1.60. The van der Waals surface area contributed by atoms with Crippen LogP contribution in [0.1, 0.15) is 24.8 Å². The van der Waals surface area contributed by atoms with Crippen molar-refractivity contribution in [2.75, 3.05) is 0 Å². The Morgan fingerprint density at radius 2 is 2.24 bits per heavy atom. The van der Waals surface area contributed by atoms with Crippen LogP contribution in [0.4, 0.5) is 0 Å². The van der Waals surface area contributed by atoms with Gasteiger partial charge in [-0.15, -0.1) is 5.10 Å². The number of nitrogens with zero attached hydrogens (tertiary/aromatic N) is 3. The van der Waals surface area contributed by atoms with E-state index in [-0.39, 0.29) is 17.4 Å². The average Bonchev–Trinajstić information content (AvgIpc) is 2.91. The molecule has 21 heavy (non-hydrogen) atoms. The molecule has 0 amide bonds. The van der Waals surface area contributed by atoms with Gasteiger partial charge in [-0.3, -0.25) is 9.59 Å². The van der Waals surface area contributed by atoms with Crippen molar-refractivity contribution in [2.24, 2.45) is 11.8 Å². The van der Waals surface area contributed by atoms with Crippen LogP contribution in [0.3, 0.4) is 0 Å². The standard InChI is InChI=1S/C15H17N3O3/c1-9-5-6-13-12(7-9)14(19)18(17-16-13)8-10-3-2-4-11(10)15(20)21/h5-7,10-11H,2-4,8H2,1H3,(H,20,21)/t10-,11+/m0/s1. The summed E-state index contributed by atoms with van der Waals surface area (Å²) in [5, 5.41) is 17.8. The molecule has 1 fully saturated rings. The number of carboxylic acid groups (broad SMARTS) is 1. The van der Waals surface area contributed by atoms with Crippen molar-refractivity contribution in [3.8, 4) is 0 Å². The zero-order chi connectivity index (χ0) is 15.0. The Hall–Kier alpha value is -2.24. The number of aliphatic carboxylic acids is 1. The second-order valence-electron chi connectivity index (χ2n) is 5.73. The third-order valence-corrected chi connectivity index (χ3v) is 4.26. The number of hydrogen-bond acceptors (Lipinski definition) is 4. The first kappa shape index (κ1) is 13.7. The minimum absolute atomic E-state index is 0.0447. The molecule has 6 nitrogen and oxygen atoms in total. The third kappa shape index (κ3) is 2.53. The fourth-order valence-electron chi connectivity index (χ4n) is 3.11. The second kappa shape index (κ2) is 5.27. The van der Waals surface area contributed by atoms with Crippen LogP contribution in [-0.4, -0.2) is 26.1 Å². The van der Waals surface area contributed by atoms with E-state index in [2.05, 4.69) is 10.3 Å². The molecule has 1 N–H and O–H groups in total. The predicted molar refractivity (Wildman–Crippen MR) is 77.0 cm³/mol. The van der Waals surface area contributed by atoms with Gasteiger partial charge in [0.2, 0.25) is 0 Å². The van der Waals surface area contributed by atoms with E-state index >= 15 is 0 Å². The van der Waals surface area contributed by atoms with Crippen molar-refractivity contribution in [2.45, 2.75) is 32.7 Å². The molecule has 0 bridgehead atoms. The van der Waals surface area contributed by atoms with Crippen molar-refractivity contribution in [3.63, 3.8) is 0 Å². The first-order chi connectivity index (χ1) is 10.1. The van der Waals surface area contributed by atoms with E-state index < -0.39 is 5.97 Å². The second-order valence-corrected chi connectivity index (χ2v) is 5.73. The Morgan fingerprint density at radius 1 is 1.43 bits per heavy atom. The molecular formula is C15H17N3O3. The number of hydrogen-bond donors (Lipinski definition) is 1. The zero-order valence-electron chi connectivity index (χ0n) is 11.8. The van der Waals surface area contributed by atoms with Gasteiger partial charge in [0.1, 0.15) is 5.52 Å². The Labute approximate surface area is 121 Å². The maximum absolute atomic E-state index is 12.5. The molecule has 0 radical (unpaired) electrons. The van der Waals surface area contributed by atoms with Crippen molar-refractivity contribution in [1.29, 1.82) is 0 Å². The largest absolute Gasteiger partial charge is 0.481 e. The van der Waals surface area contributed by atoms with Crippen LogP contribution in [0.15, 0.2) is 23.0 Å². The van der Waals surface area contributed by atoms with E-state index in [1.165, 1.54) is 4.68 Å². The molecule has 110 valence electrons. The van der Waals surface area contributed by atoms with E-state index in [9.17, 15) is 14.7 Å². The molecule has 6 heteroatoms. The molecule has 0 aliphatic heterocycles. The first-order valence-electron chi connectivity index (χ1n) is 7.13. The summed E-state index contributed by atoms with van der Waals surface area (Å²) in [6.45, 7) is 2.24. The highest BCUT2D eigenvalue weighted by atomic mass is 16.4. The van der Waals surface area contributed by atoms with E-state index in [1.807, 2.05) is 13.0 Å². The Kier molecular flexibility index (Phi) is 3.45. The number of aromatic nitrogens is 3. The molecule has 1 heterocycles. The smallest absolute Gasteiger partial charge is 0.306 e. The van der Waals surface area contributed by atoms with Crippen molar-refractivity contribution in [1.82, 2.24) is 15.0 Å². The summed E-state index contributed by atoms with van der Waals surface area (Å²) in [4.78, 5) is 23.7. The minimum atomic E-state index is -0.782. The van der Waals surface area contributed by atoms with Gasteiger partial charge >= 0.3 is 5.97 Å². The van der Waals surface area contributed by atoms with E-state index in [0.717, 1.165) is 18.4 Å². The molecule has 1 aliphatic carbocycles. The summed E-state index contributed by atoms with van der Waals surface area (Å²) < 4.78 is 1.31. The lowest BCUT2D eigenvalue weighted by molar-refractivity contribution is -0.143. The highest BCUT2D eigenvalue weighted by Crippen LogP contribution is 2.32. The SMILES string of the molecule is Cc1ccc2nnn(C[C@@H]3CCC[C@H]3C(=O)O)c(=O)c2c1. The first-order valence-corrected chi connectivity index (χ1v) is 7.13. The molecule has 0 unspecified atom stereocenters. The number of carbonyl (C=O) groups is 1. The topological polar surface area (TPSA) is 85.1 Å². The van der Waals surface area contributed by atoms with Gasteiger partial charge in [0, 0.05) is 0 Å². The van der Waals surface area contributed by atoms with Gasteiger partial charge in [0.15, 0.2) is 0 Å². The van der Waals surface area contributed by atoms with Crippen LogP contribution in [0.2, 0.25) is 0 Å². The summed E-state index contributed by atoms with van der Waals surface area (Å²) in [5.74, 6) is -1.21. The van der Waals surface area contributed by atoms with E-state index in [4.69, 9.17) is 0 Å². The van der Waals surface area contributed by atoms with Crippen molar-refractivity contribution >= 4 is 16.9 Å². The van der Waals surface area contributed by atoms with Gasteiger partial charge in [0.05, 0.1) is 17.8 Å². The summed E-state index contributed by atoms with van der Waals surface area (Å²) in [6.07, 6.45) is 2.38. The summed E-state index contributed by atoms with van der Waals surface area (Å²) in [5.41, 5.74) is 1.37. The average molecular weight is 287 g/mol. The van der Waals surface area contributed by atoms with Gasteiger partial charge in [-0.25, -0.2) is 4.68 Å². The van der Waals surface area contributed by atoms with Crippen LogP contribution >= 0.6 is 0 Å². The van der Waals surface area contributed by atoms with Crippen LogP contribution < -0.4 is 5.56 Å². The van der Waals surface area contributed by atoms with Gasteiger partial charge < -0.3 is 5.11 Å². The molecule has 2 atom stereocenters. The van der Waals surface area contributed by atoms with Gasteiger partial charge in [0.25, 0.3) is 5.56 Å². The van der Waals surface area contributed by atoms with Gasteiger partial charge in [-0.05, 0) is 37.8 Å². The lowest BCUT2D eigenvalue weighted by Crippen LogP contribution is -2.30. The molecule has 1 saturated carbocycles. The molecular weight excluding hydrogens is 270 g/mol. The molecule has 2 aromatic rings. The summed E-state index contributed by atoms with van der Waals surface area (Å²) in [7, 11) is 0. The molecule has 0 saturated heterocycles. The molecule has 3 rings (SSSR count). The third-order valence-electron chi connectivity index (χ3n) is 4.26. The van der Waals surface area contributed by atoms with Gasteiger partial charge in [-0.2, -0.15) is 0 Å². The fraction of sp³-hybridized carbons (Fsp3) is 0.467. The van der Waals surface area contributed by atoms with Crippen LogP contribution in [0, 0.1) is 18.8 Å². The molecule has 1 aromatic heterocycles. The Morgan fingerprint density at radius 3 is 3.00 bits per heavy atom. The number of carboxylic acids is 1. The van der Waals surface area contributed by atoms with Gasteiger partial charge in [-0.1, -0.05) is 23.3 Å². The molecule has 1 aromatic carbocycles. The zero-order valence-corrected chi connectivity index (χ0v) is 11.8. The number of benzene rings is 1. The lowest BCUT2D eigenvalue weighted by atomic mass is 9.96. The molecule has 1 aliphatic rings. The normalized spacial score (nSPS) is 21.8. The monoisotopic (exact) mass is 287 g/mol. The quantitative estimate of drug-likeness (QED) is 0.926. The number of aryl methyl sites for hydroxylation is 1. The van der Waals surface area contributed by atoms with E-state index in [1.54, 1.807) is 12.1 Å². The highest BCUT2D eigenvalue weighted by molar-refractivity contribution is 5.77. The fourth-order valence-corrected chi connectivity index (χ4v) is 3.11. The summed E-state index contributed by atoms with van der Waals surface area (Å²) >= 11 is 0. The number of rotatable bonds is 3. The lowest BCUT2D eigenvalue weighted by Gasteiger charge is -2.15. The highest BCUT2D eigenvalue weighted by Gasteiger charge is 2.33. The van der Waals surface area contributed by atoms with E-state index in [0.29, 0.717) is 23.9 Å². The molecule has 0 spiro atoms. The van der Waals surface area contributed by atoms with Crippen LogP contribution in [-0.2, 0) is 11.3 Å².